The molecule has 2 rings (SSSR count). The second kappa shape index (κ2) is 8.39. The van der Waals surface area contributed by atoms with Crippen molar-refractivity contribution in [3.63, 3.8) is 0 Å². The van der Waals surface area contributed by atoms with Crippen LogP contribution in [0.3, 0.4) is 0 Å². The number of piperidine rings is 1. The van der Waals surface area contributed by atoms with E-state index in [1.165, 1.54) is 0 Å². The smallest absolute Gasteiger partial charge is 0.274 e. The van der Waals surface area contributed by atoms with E-state index in [9.17, 15) is 4.79 Å². The molecule has 2 N–H and O–H groups in total. The average Bonchev–Trinajstić information content (AvgIpc) is 2.38. The Morgan fingerprint density at radius 2 is 2.10 bits per heavy atom. The van der Waals surface area contributed by atoms with Crippen LogP contribution >= 0.6 is 24.8 Å². The summed E-state index contributed by atoms with van der Waals surface area (Å²) in [6, 6.07) is 0.129. The number of nitrogens with two attached hydrogens (primary N) is 1. The zero-order valence-corrected chi connectivity index (χ0v) is 13.4. The van der Waals surface area contributed by atoms with Crippen LogP contribution in [0.1, 0.15) is 35.9 Å². The lowest BCUT2D eigenvalue weighted by Crippen LogP contribution is -2.49. The van der Waals surface area contributed by atoms with Gasteiger partial charge in [0.25, 0.3) is 5.91 Å². The molecule has 5 nitrogen and oxygen atoms in total. The highest BCUT2D eigenvalue weighted by molar-refractivity contribution is 5.92. The Kier molecular flexibility index (Phi) is 8.01. The third-order valence-corrected chi connectivity index (χ3v) is 3.51. The number of carbonyl (C=O) groups excluding carboxylic acids is 1. The van der Waals surface area contributed by atoms with Gasteiger partial charge < -0.3 is 10.6 Å². The maximum atomic E-state index is 12.4. The Morgan fingerprint density at radius 3 is 2.65 bits per heavy atom. The van der Waals surface area contributed by atoms with E-state index < -0.39 is 0 Å². The molecule has 2 unspecified atom stereocenters. The van der Waals surface area contributed by atoms with Gasteiger partial charge in [-0.25, -0.2) is 4.98 Å². The van der Waals surface area contributed by atoms with Gasteiger partial charge in [-0.2, -0.15) is 0 Å². The number of likely N-dealkylation sites (tertiary alicyclic amines) is 1. The molecule has 1 aliphatic heterocycles. The van der Waals surface area contributed by atoms with Gasteiger partial charge in [-0.3, -0.25) is 9.78 Å². The van der Waals surface area contributed by atoms with Crippen molar-refractivity contribution in [3.8, 4) is 0 Å². The van der Waals surface area contributed by atoms with Crippen LogP contribution < -0.4 is 5.73 Å². The number of hydrogen-bond donors (Lipinski definition) is 1. The maximum absolute atomic E-state index is 12.4. The number of amides is 1. The summed E-state index contributed by atoms with van der Waals surface area (Å²) in [6.07, 6.45) is 5.17. The summed E-state index contributed by atoms with van der Waals surface area (Å²) >= 11 is 0. The third kappa shape index (κ3) is 4.30. The Labute approximate surface area is 132 Å². The van der Waals surface area contributed by atoms with E-state index in [0.717, 1.165) is 25.1 Å². The van der Waals surface area contributed by atoms with Gasteiger partial charge in [0.2, 0.25) is 0 Å². The molecule has 0 bridgehead atoms. The van der Waals surface area contributed by atoms with Crippen molar-refractivity contribution >= 4 is 30.7 Å². The van der Waals surface area contributed by atoms with Gasteiger partial charge in [-0.1, -0.05) is 6.92 Å². The number of aromatic nitrogens is 2. The molecule has 1 aliphatic rings. The first-order chi connectivity index (χ1) is 8.61. The van der Waals surface area contributed by atoms with Crippen molar-refractivity contribution in [1.29, 1.82) is 0 Å². The lowest BCUT2D eigenvalue weighted by Gasteiger charge is -2.37. The maximum Gasteiger partial charge on any atom is 0.274 e. The SMILES string of the molecule is Cc1cnc(C(=O)N2CCC(C)CC2CN)cn1.Cl.Cl. The standard InChI is InChI=1S/C13H20N4O.2ClH/c1-9-3-4-17(11(5-9)6-14)13(18)12-8-15-10(2)7-16-12;;/h7-9,11H,3-6,14H2,1-2H3;2*1H. The van der Waals surface area contributed by atoms with Crippen LogP contribution in [-0.2, 0) is 0 Å². The van der Waals surface area contributed by atoms with Crippen LogP contribution in [-0.4, -0.2) is 39.9 Å². The molecule has 1 saturated heterocycles. The molecule has 20 heavy (non-hydrogen) atoms. The summed E-state index contributed by atoms with van der Waals surface area (Å²) in [5, 5.41) is 0. The van der Waals surface area contributed by atoms with E-state index in [0.29, 0.717) is 18.2 Å². The minimum absolute atomic E-state index is 0. The van der Waals surface area contributed by atoms with Crippen molar-refractivity contribution in [2.24, 2.45) is 11.7 Å². The van der Waals surface area contributed by atoms with Gasteiger partial charge in [0, 0.05) is 25.3 Å². The summed E-state index contributed by atoms with van der Waals surface area (Å²) in [4.78, 5) is 22.5. The average molecular weight is 321 g/mol. The van der Waals surface area contributed by atoms with E-state index in [1.807, 2.05) is 11.8 Å². The number of nitrogens with zero attached hydrogens (tertiary/aromatic N) is 3. The second-order valence-electron chi connectivity index (χ2n) is 5.06. The number of aryl methyl sites for hydroxylation is 1. The zero-order valence-electron chi connectivity index (χ0n) is 11.8. The molecule has 1 fully saturated rings. The molecule has 2 heterocycles. The van der Waals surface area contributed by atoms with E-state index in [4.69, 9.17) is 5.73 Å². The lowest BCUT2D eigenvalue weighted by molar-refractivity contribution is 0.0567. The van der Waals surface area contributed by atoms with Gasteiger partial charge in [0.1, 0.15) is 5.69 Å². The topological polar surface area (TPSA) is 72.1 Å². The van der Waals surface area contributed by atoms with Crippen LogP contribution in [0.2, 0.25) is 0 Å². The van der Waals surface area contributed by atoms with Crippen molar-refractivity contribution in [2.75, 3.05) is 13.1 Å². The van der Waals surface area contributed by atoms with Gasteiger partial charge in [-0.15, -0.1) is 24.8 Å². The number of halogens is 2. The molecule has 0 aliphatic carbocycles. The van der Waals surface area contributed by atoms with Crippen LogP contribution in [0.15, 0.2) is 12.4 Å². The Morgan fingerprint density at radius 1 is 1.40 bits per heavy atom. The van der Waals surface area contributed by atoms with Gasteiger partial charge in [-0.05, 0) is 25.7 Å². The fourth-order valence-electron chi connectivity index (χ4n) is 2.39. The number of carbonyl (C=O) groups is 1. The first-order valence-corrected chi connectivity index (χ1v) is 6.41. The van der Waals surface area contributed by atoms with E-state index in [1.54, 1.807) is 12.4 Å². The largest absolute Gasteiger partial charge is 0.333 e. The highest BCUT2D eigenvalue weighted by Gasteiger charge is 2.30. The number of rotatable bonds is 2. The minimum atomic E-state index is -0.0511. The molecule has 0 spiro atoms. The van der Waals surface area contributed by atoms with Crippen LogP contribution in [0.4, 0.5) is 0 Å². The van der Waals surface area contributed by atoms with Gasteiger partial charge in [0.15, 0.2) is 0 Å². The summed E-state index contributed by atoms with van der Waals surface area (Å²) in [7, 11) is 0. The normalized spacial score (nSPS) is 21.6. The first kappa shape index (κ1) is 19.1. The fraction of sp³-hybridized carbons (Fsp3) is 0.615. The van der Waals surface area contributed by atoms with Gasteiger partial charge in [0.05, 0.1) is 11.9 Å². The fourth-order valence-corrected chi connectivity index (χ4v) is 2.39. The predicted molar refractivity (Wildman–Crippen MR) is 83.5 cm³/mol. The molecule has 1 aromatic rings. The highest BCUT2D eigenvalue weighted by Crippen LogP contribution is 2.23. The van der Waals surface area contributed by atoms with Gasteiger partial charge >= 0.3 is 0 Å². The first-order valence-electron chi connectivity index (χ1n) is 6.41. The van der Waals surface area contributed by atoms with E-state index in [-0.39, 0.29) is 36.8 Å². The molecular formula is C13H22Cl2N4O. The Balaban J connectivity index is 0.00000180. The van der Waals surface area contributed by atoms with Crippen LogP contribution in [0, 0.1) is 12.8 Å². The molecule has 2 atom stereocenters. The molecule has 114 valence electrons. The molecular weight excluding hydrogens is 299 g/mol. The molecule has 7 heteroatoms. The molecule has 1 amide bonds. The Hall–Kier alpha value is -0.910. The van der Waals surface area contributed by atoms with Crippen molar-refractivity contribution in [3.05, 3.63) is 23.8 Å². The summed E-state index contributed by atoms with van der Waals surface area (Å²) < 4.78 is 0. The quantitative estimate of drug-likeness (QED) is 0.902. The van der Waals surface area contributed by atoms with Crippen molar-refractivity contribution in [2.45, 2.75) is 32.7 Å². The summed E-state index contributed by atoms with van der Waals surface area (Å²) in [5.74, 6) is 0.580. The monoisotopic (exact) mass is 320 g/mol. The second-order valence-corrected chi connectivity index (χ2v) is 5.06. The molecule has 1 aromatic heterocycles. The molecule has 0 saturated carbocycles. The molecule has 0 aromatic carbocycles. The minimum Gasteiger partial charge on any atom is -0.333 e. The number of hydrogen-bond acceptors (Lipinski definition) is 4. The lowest BCUT2D eigenvalue weighted by atomic mass is 9.92. The van der Waals surface area contributed by atoms with Crippen molar-refractivity contribution in [1.82, 2.24) is 14.9 Å². The predicted octanol–water partition coefficient (Wildman–Crippen LogP) is 1.83. The van der Waals surface area contributed by atoms with E-state index >= 15 is 0 Å². The summed E-state index contributed by atoms with van der Waals surface area (Å²) in [6.45, 7) is 5.33. The highest BCUT2D eigenvalue weighted by atomic mass is 35.5. The summed E-state index contributed by atoms with van der Waals surface area (Å²) in [5.41, 5.74) is 6.99. The Bertz CT molecular complexity index is 427. The van der Waals surface area contributed by atoms with Crippen LogP contribution in [0.5, 0.6) is 0 Å². The third-order valence-electron chi connectivity index (χ3n) is 3.51. The van der Waals surface area contributed by atoms with E-state index in [2.05, 4.69) is 16.9 Å². The zero-order chi connectivity index (χ0) is 13.1. The van der Waals surface area contributed by atoms with Crippen LogP contribution in [0.25, 0.3) is 0 Å². The van der Waals surface area contributed by atoms with Crippen molar-refractivity contribution < 1.29 is 4.79 Å². The molecule has 0 radical (unpaired) electrons.